The van der Waals surface area contributed by atoms with Crippen LogP contribution in [0.5, 0.6) is 0 Å². The summed E-state index contributed by atoms with van der Waals surface area (Å²) < 4.78 is 25.2. The molecule has 15 heavy (non-hydrogen) atoms. The van der Waals surface area contributed by atoms with Crippen molar-refractivity contribution in [1.82, 2.24) is 4.31 Å². The zero-order valence-corrected chi connectivity index (χ0v) is 10.2. The van der Waals surface area contributed by atoms with Crippen molar-refractivity contribution in [2.24, 2.45) is 5.92 Å². The van der Waals surface area contributed by atoms with E-state index in [4.69, 9.17) is 5.11 Å². The maximum absolute atomic E-state index is 11.8. The van der Waals surface area contributed by atoms with Gasteiger partial charge in [-0.2, -0.15) is 0 Å². The van der Waals surface area contributed by atoms with E-state index in [1.54, 1.807) is 0 Å². The van der Waals surface area contributed by atoms with Gasteiger partial charge < -0.3 is 5.11 Å². The highest BCUT2D eigenvalue weighted by Gasteiger charge is 2.30. The molecule has 4 nitrogen and oxygen atoms in total. The molecular weight excluding hydrogens is 214 g/mol. The molecular formula is C10H21NO3S. The monoisotopic (exact) mass is 235 g/mol. The van der Waals surface area contributed by atoms with Crippen LogP contribution in [0.3, 0.4) is 0 Å². The molecule has 1 aliphatic heterocycles. The first kappa shape index (κ1) is 12.9. The minimum absolute atomic E-state index is 0.0982. The molecule has 0 saturated carbocycles. The SMILES string of the molecule is CCCCCS(=O)(=O)N1CC[C@@H](CO)C1. The summed E-state index contributed by atoms with van der Waals surface area (Å²) >= 11 is 0. The van der Waals surface area contributed by atoms with Crippen LogP contribution in [0, 0.1) is 5.92 Å². The second-order valence-corrected chi connectivity index (χ2v) is 6.31. The van der Waals surface area contributed by atoms with Gasteiger partial charge in [-0.3, -0.25) is 0 Å². The van der Waals surface area contributed by atoms with Crippen molar-refractivity contribution in [3.05, 3.63) is 0 Å². The third-order valence-electron chi connectivity index (χ3n) is 2.91. The Labute approximate surface area is 92.3 Å². The van der Waals surface area contributed by atoms with Crippen molar-refractivity contribution >= 4 is 10.0 Å². The molecule has 0 radical (unpaired) electrons. The van der Waals surface area contributed by atoms with Crippen molar-refractivity contribution in [3.63, 3.8) is 0 Å². The summed E-state index contributed by atoms with van der Waals surface area (Å²) in [7, 11) is -3.05. The highest BCUT2D eigenvalue weighted by atomic mass is 32.2. The first-order chi connectivity index (χ1) is 7.10. The van der Waals surface area contributed by atoms with Gasteiger partial charge in [0.15, 0.2) is 0 Å². The molecule has 5 heteroatoms. The van der Waals surface area contributed by atoms with Gasteiger partial charge in [-0.1, -0.05) is 19.8 Å². The lowest BCUT2D eigenvalue weighted by Crippen LogP contribution is -2.31. The molecule has 1 aliphatic rings. The standard InChI is InChI=1S/C10H21NO3S/c1-2-3-4-7-15(13,14)11-6-5-10(8-11)9-12/h10,12H,2-9H2,1H3/t10-/m1/s1. The molecule has 0 amide bonds. The average molecular weight is 235 g/mol. The van der Waals surface area contributed by atoms with Crippen LogP contribution in [0.15, 0.2) is 0 Å². The van der Waals surface area contributed by atoms with Gasteiger partial charge in [-0.05, 0) is 18.8 Å². The van der Waals surface area contributed by atoms with Crippen molar-refractivity contribution in [2.75, 3.05) is 25.4 Å². The normalized spacial score (nSPS) is 23.5. The van der Waals surface area contributed by atoms with Crippen LogP contribution in [0.1, 0.15) is 32.6 Å². The van der Waals surface area contributed by atoms with E-state index in [0.717, 1.165) is 25.7 Å². The van der Waals surface area contributed by atoms with Crippen molar-refractivity contribution < 1.29 is 13.5 Å². The minimum Gasteiger partial charge on any atom is -0.396 e. The molecule has 1 rings (SSSR count). The Bertz CT molecular complexity index is 276. The molecule has 0 aliphatic carbocycles. The molecule has 0 spiro atoms. The van der Waals surface area contributed by atoms with Gasteiger partial charge in [0.05, 0.1) is 5.75 Å². The number of sulfonamides is 1. The number of nitrogens with zero attached hydrogens (tertiary/aromatic N) is 1. The first-order valence-corrected chi connectivity index (χ1v) is 7.29. The second kappa shape index (κ2) is 5.82. The number of rotatable bonds is 6. The summed E-state index contributed by atoms with van der Waals surface area (Å²) in [5.41, 5.74) is 0. The fourth-order valence-corrected chi connectivity index (χ4v) is 3.51. The summed E-state index contributed by atoms with van der Waals surface area (Å²) in [6.45, 7) is 3.25. The number of hydrogen-bond donors (Lipinski definition) is 1. The smallest absolute Gasteiger partial charge is 0.214 e. The largest absolute Gasteiger partial charge is 0.396 e. The molecule has 1 atom stereocenters. The quantitative estimate of drug-likeness (QED) is 0.693. The Kier molecular flexibility index (Phi) is 5.02. The first-order valence-electron chi connectivity index (χ1n) is 5.69. The number of unbranched alkanes of at least 4 members (excludes halogenated alkanes) is 2. The summed E-state index contributed by atoms with van der Waals surface area (Å²) in [5.74, 6) is 0.407. The van der Waals surface area contributed by atoms with Crippen LogP contribution < -0.4 is 0 Å². The van der Waals surface area contributed by atoms with E-state index in [0.29, 0.717) is 13.1 Å². The molecule has 0 bridgehead atoms. The van der Waals surface area contributed by atoms with E-state index in [1.807, 2.05) is 0 Å². The second-order valence-electron chi connectivity index (χ2n) is 4.22. The molecule has 1 saturated heterocycles. The van der Waals surface area contributed by atoms with E-state index in [2.05, 4.69) is 6.92 Å². The van der Waals surface area contributed by atoms with Gasteiger partial charge >= 0.3 is 0 Å². The van der Waals surface area contributed by atoms with Crippen molar-refractivity contribution in [2.45, 2.75) is 32.6 Å². The van der Waals surface area contributed by atoms with E-state index >= 15 is 0 Å². The van der Waals surface area contributed by atoms with Crippen LogP contribution >= 0.6 is 0 Å². The van der Waals surface area contributed by atoms with Gasteiger partial charge in [-0.25, -0.2) is 12.7 Å². The molecule has 0 aromatic heterocycles. The Morgan fingerprint density at radius 1 is 1.40 bits per heavy atom. The average Bonchev–Trinajstić information content (AvgIpc) is 2.66. The van der Waals surface area contributed by atoms with E-state index in [1.165, 1.54) is 4.31 Å². The molecule has 0 unspecified atom stereocenters. The van der Waals surface area contributed by atoms with Crippen molar-refractivity contribution in [1.29, 1.82) is 0 Å². The summed E-state index contributed by atoms with van der Waals surface area (Å²) in [6.07, 6.45) is 3.55. The van der Waals surface area contributed by atoms with Crippen LogP contribution in [0.25, 0.3) is 0 Å². The summed E-state index contributed by atoms with van der Waals surface area (Å²) in [5, 5.41) is 8.94. The minimum atomic E-state index is -3.05. The highest BCUT2D eigenvalue weighted by molar-refractivity contribution is 7.89. The number of aliphatic hydroxyl groups is 1. The van der Waals surface area contributed by atoms with E-state index < -0.39 is 10.0 Å². The molecule has 1 heterocycles. The number of hydrogen-bond acceptors (Lipinski definition) is 3. The maximum Gasteiger partial charge on any atom is 0.214 e. The van der Waals surface area contributed by atoms with Gasteiger partial charge in [0, 0.05) is 19.7 Å². The Morgan fingerprint density at radius 2 is 2.13 bits per heavy atom. The van der Waals surface area contributed by atoms with Gasteiger partial charge in [-0.15, -0.1) is 0 Å². The highest BCUT2D eigenvalue weighted by Crippen LogP contribution is 2.19. The van der Waals surface area contributed by atoms with Crippen LogP contribution in [0.2, 0.25) is 0 Å². The summed E-state index contributed by atoms with van der Waals surface area (Å²) in [6, 6.07) is 0. The predicted octanol–water partition coefficient (Wildman–Crippen LogP) is 0.821. The van der Waals surface area contributed by atoms with Gasteiger partial charge in [0.25, 0.3) is 0 Å². The molecule has 1 fully saturated rings. The summed E-state index contributed by atoms with van der Waals surface area (Å²) in [4.78, 5) is 0. The molecule has 0 aromatic rings. The zero-order valence-electron chi connectivity index (χ0n) is 9.35. The lowest BCUT2D eigenvalue weighted by Gasteiger charge is -2.15. The fraction of sp³-hybridized carbons (Fsp3) is 1.00. The van der Waals surface area contributed by atoms with Crippen LogP contribution in [-0.4, -0.2) is 43.3 Å². The van der Waals surface area contributed by atoms with Gasteiger partial charge in [0.2, 0.25) is 10.0 Å². The topological polar surface area (TPSA) is 57.6 Å². The van der Waals surface area contributed by atoms with Crippen molar-refractivity contribution in [3.8, 4) is 0 Å². The Balaban J connectivity index is 2.41. The molecule has 90 valence electrons. The lowest BCUT2D eigenvalue weighted by molar-refractivity contribution is 0.233. The third kappa shape index (κ3) is 3.74. The lowest BCUT2D eigenvalue weighted by atomic mass is 10.1. The Morgan fingerprint density at radius 3 is 2.67 bits per heavy atom. The molecule has 1 N–H and O–H groups in total. The van der Waals surface area contributed by atoms with Gasteiger partial charge in [0.1, 0.15) is 0 Å². The Hall–Kier alpha value is -0.130. The maximum atomic E-state index is 11.8. The zero-order chi connectivity index (χ0) is 11.3. The van der Waals surface area contributed by atoms with Crippen LogP contribution in [-0.2, 0) is 10.0 Å². The number of aliphatic hydroxyl groups excluding tert-OH is 1. The third-order valence-corrected chi connectivity index (χ3v) is 4.83. The fourth-order valence-electron chi connectivity index (χ4n) is 1.86. The molecule has 0 aromatic carbocycles. The van der Waals surface area contributed by atoms with E-state index in [-0.39, 0.29) is 18.3 Å². The van der Waals surface area contributed by atoms with Crippen LogP contribution in [0.4, 0.5) is 0 Å². The predicted molar refractivity (Wildman–Crippen MR) is 60.1 cm³/mol. The van der Waals surface area contributed by atoms with E-state index in [9.17, 15) is 8.42 Å².